The summed E-state index contributed by atoms with van der Waals surface area (Å²) in [4.78, 5) is 19.4. The Morgan fingerprint density at radius 2 is 2.20 bits per heavy atom. The summed E-state index contributed by atoms with van der Waals surface area (Å²) < 4.78 is 0. The lowest BCUT2D eigenvalue weighted by atomic mass is 9.84. The van der Waals surface area contributed by atoms with Crippen molar-refractivity contribution in [1.29, 1.82) is 0 Å². The van der Waals surface area contributed by atoms with Crippen LogP contribution in [0.25, 0.3) is 0 Å². The van der Waals surface area contributed by atoms with Crippen LogP contribution in [0.4, 0.5) is 0 Å². The Morgan fingerprint density at radius 1 is 1.35 bits per heavy atom. The van der Waals surface area contributed by atoms with Crippen LogP contribution in [0.3, 0.4) is 0 Å². The standard InChI is InChI=1S/C16H24N2OS/c1-12-5-6-16(20-12)15(19)11-18-9-7-14-13(10-18)4-3-8-17(14)2/h5-6,13-14H,3-4,7-11H2,1-2H3. The molecule has 4 heteroatoms. The smallest absolute Gasteiger partial charge is 0.186 e. The predicted molar refractivity (Wildman–Crippen MR) is 83.6 cm³/mol. The number of Topliss-reactive ketones (excluding diaryl/α,β-unsaturated/α-hetero) is 1. The van der Waals surface area contributed by atoms with Gasteiger partial charge in [-0.25, -0.2) is 0 Å². The van der Waals surface area contributed by atoms with Crippen molar-refractivity contribution >= 4 is 17.1 Å². The molecule has 2 aliphatic heterocycles. The first kappa shape index (κ1) is 14.2. The van der Waals surface area contributed by atoms with Gasteiger partial charge in [0.2, 0.25) is 0 Å². The number of hydrogen-bond donors (Lipinski definition) is 0. The molecule has 0 bridgehead atoms. The summed E-state index contributed by atoms with van der Waals surface area (Å²) >= 11 is 1.62. The third kappa shape index (κ3) is 2.97. The number of likely N-dealkylation sites (tertiary alicyclic amines) is 2. The van der Waals surface area contributed by atoms with E-state index in [4.69, 9.17) is 0 Å². The summed E-state index contributed by atoms with van der Waals surface area (Å²) in [5.41, 5.74) is 0. The molecule has 0 amide bonds. The van der Waals surface area contributed by atoms with Crippen LogP contribution in [0.2, 0.25) is 0 Å². The SMILES string of the molecule is Cc1ccc(C(=O)CN2CCC3C(CCCN3C)C2)s1. The number of fused-ring (bicyclic) bond motifs is 1. The topological polar surface area (TPSA) is 23.6 Å². The summed E-state index contributed by atoms with van der Waals surface area (Å²) in [6, 6.07) is 4.77. The lowest BCUT2D eigenvalue weighted by molar-refractivity contribution is 0.0379. The van der Waals surface area contributed by atoms with Gasteiger partial charge in [-0.15, -0.1) is 11.3 Å². The quantitative estimate of drug-likeness (QED) is 0.800. The Hall–Kier alpha value is -0.710. The number of thiophene rings is 1. The number of ketones is 1. The maximum atomic E-state index is 12.3. The average molecular weight is 292 g/mol. The molecule has 3 nitrogen and oxygen atoms in total. The van der Waals surface area contributed by atoms with Gasteiger partial charge in [0.15, 0.2) is 5.78 Å². The minimum Gasteiger partial charge on any atom is -0.303 e. The van der Waals surface area contributed by atoms with Gasteiger partial charge in [-0.05, 0) is 57.8 Å². The van der Waals surface area contributed by atoms with Gasteiger partial charge in [0, 0.05) is 24.0 Å². The van der Waals surface area contributed by atoms with Gasteiger partial charge in [0.1, 0.15) is 0 Å². The molecular formula is C16H24N2OS. The zero-order valence-corrected chi connectivity index (χ0v) is 13.3. The Labute approximate surface area is 125 Å². The molecule has 2 atom stereocenters. The van der Waals surface area contributed by atoms with E-state index in [9.17, 15) is 4.79 Å². The number of hydrogen-bond acceptors (Lipinski definition) is 4. The first-order chi connectivity index (χ1) is 9.63. The van der Waals surface area contributed by atoms with Gasteiger partial charge in [0.25, 0.3) is 0 Å². The molecule has 2 aliphatic rings. The lowest BCUT2D eigenvalue weighted by Crippen LogP contribution is -2.53. The molecule has 1 aromatic rings. The number of piperidine rings is 2. The highest BCUT2D eigenvalue weighted by atomic mass is 32.1. The number of carbonyl (C=O) groups excluding carboxylic acids is 1. The zero-order valence-electron chi connectivity index (χ0n) is 12.5. The fourth-order valence-corrected chi connectivity index (χ4v) is 4.53. The molecule has 0 N–H and O–H groups in total. The minimum absolute atomic E-state index is 0.297. The Kier molecular flexibility index (Phi) is 4.24. The second kappa shape index (κ2) is 5.96. The van der Waals surface area contributed by atoms with Crippen molar-refractivity contribution in [3.05, 3.63) is 21.9 Å². The van der Waals surface area contributed by atoms with Crippen molar-refractivity contribution in [3.63, 3.8) is 0 Å². The summed E-state index contributed by atoms with van der Waals surface area (Å²) in [6.45, 7) is 6.08. The van der Waals surface area contributed by atoms with E-state index in [0.717, 1.165) is 29.9 Å². The minimum atomic E-state index is 0.297. The molecule has 20 heavy (non-hydrogen) atoms. The summed E-state index contributed by atoms with van der Waals surface area (Å²) in [5, 5.41) is 0. The van der Waals surface area contributed by atoms with Crippen LogP contribution in [0, 0.1) is 12.8 Å². The molecule has 0 radical (unpaired) electrons. The third-order valence-corrected chi connectivity index (χ3v) is 5.85. The van der Waals surface area contributed by atoms with Gasteiger partial charge in [-0.2, -0.15) is 0 Å². The highest BCUT2D eigenvalue weighted by molar-refractivity contribution is 7.14. The van der Waals surface area contributed by atoms with Crippen LogP contribution in [-0.2, 0) is 0 Å². The van der Waals surface area contributed by atoms with Crippen molar-refractivity contribution in [2.24, 2.45) is 5.92 Å². The Bertz CT molecular complexity index is 485. The molecule has 1 aromatic heterocycles. The summed E-state index contributed by atoms with van der Waals surface area (Å²) in [5.74, 6) is 1.06. The van der Waals surface area contributed by atoms with Crippen molar-refractivity contribution in [2.45, 2.75) is 32.2 Å². The second-order valence-corrected chi connectivity index (χ2v) is 7.60. The average Bonchev–Trinajstić information content (AvgIpc) is 2.86. The van der Waals surface area contributed by atoms with Crippen LogP contribution in [0.1, 0.15) is 33.8 Å². The van der Waals surface area contributed by atoms with E-state index in [1.165, 1.54) is 30.7 Å². The van der Waals surface area contributed by atoms with E-state index in [-0.39, 0.29) is 0 Å². The molecule has 0 saturated carbocycles. The summed E-state index contributed by atoms with van der Waals surface area (Å²) in [6.07, 6.45) is 3.86. The fraction of sp³-hybridized carbons (Fsp3) is 0.688. The van der Waals surface area contributed by atoms with Gasteiger partial charge in [-0.3, -0.25) is 9.69 Å². The van der Waals surface area contributed by atoms with Gasteiger partial charge >= 0.3 is 0 Å². The molecule has 0 spiro atoms. The fourth-order valence-electron chi connectivity index (χ4n) is 3.74. The Balaban J connectivity index is 1.58. The molecule has 0 aliphatic carbocycles. The van der Waals surface area contributed by atoms with Crippen molar-refractivity contribution in [3.8, 4) is 0 Å². The molecule has 0 aromatic carbocycles. The number of rotatable bonds is 3. The van der Waals surface area contributed by atoms with E-state index >= 15 is 0 Å². The van der Waals surface area contributed by atoms with E-state index in [2.05, 4.69) is 23.8 Å². The van der Waals surface area contributed by atoms with E-state index in [1.54, 1.807) is 11.3 Å². The highest BCUT2D eigenvalue weighted by Crippen LogP contribution is 2.29. The molecule has 3 heterocycles. The monoisotopic (exact) mass is 292 g/mol. The summed E-state index contributed by atoms with van der Waals surface area (Å²) in [7, 11) is 2.26. The second-order valence-electron chi connectivity index (χ2n) is 6.31. The molecule has 110 valence electrons. The first-order valence-electron chi connectivity index (χ1n) is 7.66. The van der Waals surface area contributed by atoms with E-state index in [1.807, 2.05) is 12.1 Å². The maximum absolute atomic E-state index is 12.3. The van der Waals surface area contributed by atoms with Crippen molar-refractivity contribution in [1.82, 2.24) is 9.80 Å². The van der Waals surface area contributed by atoms with E-state index in [0.29, 0.717) is 12.3 Å². The Morgan fingerprint density at radius 3 is 2.95 bits per heavy atom. The van der Waals surface area contributed by atoms with Gasteiger partial charge in [0.05, 0.1) is 11.4 Å². The van der Waals surface area contributed by atoms with Crippen molar-refractivity contribution in [2.75, 3.05) is 33.2 Å². The first-order valence-corrected chi connectivity index (χ1v) is 8.47. The maximum Gasteiger partial charge on any atom is 0.186 e. The van der Waals surface area contributed by atoms with Gasteiger partial charge < -0.3 is 4.90 Å². The van der Waals surface area contributed by atoms with E-state index < -0.39 is 0 Å². The largest absolute Gasteiger partial charge is 0.303 e. The normalized spacial score (nSPS) is 28.3. The van der Waals surface area contributed by atoms with Crippen LogP contribution in [0.15, 0.2) is 12.1 Å². The van der Waals surface area contributed by atoms with Crippen LogP contribution in [-0.4, -0.2) is 54.9 Å². The zero-order chi connectivity index (χ0) is 14.1. The van der Waals surface area contributed by atoms with Crippen LogP contribution < -0.4 is 0 Å². The molecule has 3 rings (SSSR count). The number of carbonyl (C=O) groups is 1. The van der Waals surface area contributed by atoms with Crippen LogP contribution >= 0.6 is 11.3 Å². The molecular weight excluding hydrogens is 268 g/mol. The molecule has 2 unspecified atom stereocenters. The highest BCUT2D eigenvalue weighted by Gasteiger charge is 2.34. The van der Waals surface area contributed by atoms with Crippen LogP contribution in [0.5, 0.6) is 0 Å². The third-order valence-electron chi connectivity index (χ3n) is 4.81. The molecule has 2 saturated heterocycles. The van der Waals surface area contributed by atoms with Crippen molar-refractivity contribution < 1.29 is 4.79 Å². The lowest BCUT2D eigenvalue weighted by Gasteiger charge is -2.45. The predicted octanol–water partition coefficient (Wildman–Crippen LogP) is 2.66. The number of nitrogens with zero attached hydrogens (tertiary/aromatic N) is 2. The molecule has 2 fully saturated rings. The van der Waals surface area contributed by atoms with Gasteiger partial charge in [-0.1, -0.05) is 0 Å². The number of aryl methyl sites for hydroxylation is 1.